The number of hydrogen-bond acceptors (Lipinski definition) is 9. The van der Waals surface area contributed by atoms with Crippen molar-refractivity contribution in [3.05, 3.63) is 73.7 Å². The van der Waals surface area contributed by atoms with Gasteiger partial charge in [0.1, 0.15) is 23.7 Å². The van der Waals surface area contributed by atoms with Crippen molar-refractivity contribution in [1.29, 1.82) is 0 Å². The van der Waals surface area contributed by atoms with Crippen molar-refractivity contribution in [2.75, 3.05) is 55.1 Å². The summed E-state index contributed by atoms with van der Waals surface area (Å²) in [7, 11) is 7.73. The Morgan fingerprint density at radius 3 is 2.49 bits per heavy atom. The largest absolute Gasteiger partial charge is 0.494 e. The Morgan fingerprint density at radius 1 is 1.09 bits per heavy atom. The summed E-state index contributed by atoms with van der Waals surface area (Å²) in [6.45, 7) is 7.97. The Balaban J connectivity index is 1.43. The molecule has 1 aliphatic heterocycles. The van der Waals surface area contributed by atoms with Crippen LogP contribution in [0, 0.1) is 5.92 Å². The van der Waals surface area contributed by atoms with Crippen LogP contribution >= 0.6 is 0 Å². The predicted octanol–water partition coefficient (Wildman–Crippen LogP) is 5.27. The van der Waals surface area contributed by atoms with Crippen LogP contribution < -0.4 is 25.6 Å². The normalized spacial score (nSPS) is 15.5. The molecule has 1 fully saturated rings. The molecule has 43 heavy (non-hydrogen) atoms. The van der Waals surface area contributed by atoms with Gasteiger partial charge in [-0.25, -0.2) is 9.97 Å². The second-order valence-electron chi connectivity index (χ2n) is 10.9. The number of amides is 1. The molecule has 1 aliphatic rings. The van der Waals surface area contributed by atoms with Gasteiger partial charge in [0.15, 0.2) is 0 Å². The number of nitrogens with one attached hydrogen (secondary N) is 3. The standard InChI is InChI=1S/C32H39N9O2/c1-7-32(42)37-26-16-27(29(43-6)17-28(26)41(5)21(2)22-12-14-39(3)19-22)36-31-18-30(33-20-34-31)35-24-11-9-8-10-23(24)25-13-15-40(4)38-25/h7-11,13,15-18,20-22H,1,12,14,19H2,2-6H3,(H,37,42)(H2,33,34,35,36)/t21?,22-/m0/s1. The van der Waals surface area contributed by atoms with E-state index >= 15 is 0 Å². The minimum atomic E-state index is -0.292. The first-order valence-corrected chi connectivity index (χ1v) is 14.3. The molecule has 2 atom stereocenters. The quantitative estimate of drug-likeness (QED) is 0.204. The van der Waals surface area contributed by atoms with Gasteiger partial charge in [-0.1, -0.05) is 24.8 Å². The van der Waals surface area contributed by atoms with E-state index in [-0.39, 0.29) is 11.9 Å². The lowest BCUT2D eigenvalue weighted by Crippen LogP contribution is -2.37. The Labute approximate surface area is 252 Å². The van der Waals surface area contributed by atoms with Crippen LogP contribution in [0.4, 0.5) is 34.4 Å². The minimum Gasteiger partial charge on any atom is -0.494 e. The number of ether oxygens (including phenoxy) is 1. The first-order chi connectivity index (χ1) is 20.7. The van der Waals surface area contributed by atoms with E-state index in [4.69, 9.17) is 4.74 Å². The van der Waals surface area contributed by atoms with Gasteiger partial charge in [0, 0.05) is 56.3 Å². The maximum absolute atomic E-state index is 12.5. The molecule has 11 heteroatoms. The molecule has 3 heterocycles. The molecule has 11 nitrogen and oxygen atoms in total. The van der Waals surface area contributed by atoms with Crippen molar-refractivity contribution >= 4 is 40.3 Å². The average molecular weight is 582 g/mol. The SMILES string of the molecule is C=CC(=O)Nc1cc(Nc2cc(Nc3ccccc3-c3ccn(C)n3)ncn2)c(OC)cc1N(C)C(C)[C@H]1CCN(C)C1. The molecule has 2 aromatic carbocycles. The molecule has 5 rings (SSSR count). The molecule has 0 bridgehead atoms. The van der Waals surface area contributed by atoms with Crippen molar-refractivity contribution in [2.45, 2.75) is 19.4 Å². The molecular formula is C32H39N9O2. The zero-order chi connectivity index (χ0) is 30.5. The molecule has 3 N–H and O–H groups in total. The summed E-state index contributed by atoms with van der Waals surface area (Å²) >= 11 is 0. The van der Waals surface area contributed by atoms with Crippen LogP contribution in [-0.4, -0.2) is 70.9 Å². The van der Waals surface area contributed by atoms with E-state index in [1.165, 1.54) is 12.4 Å². The van der Waals surface area contributed by atoms with Crippen LogP contribution in [0.5, 0.6) is 5.75 Å². The van der Waals surface area contributed by atoms with Gasteiger partial charge in [-0.05, 0) is 57.1 Å². The Morgan fingerprint density at radius 2 is 1.84 bits per heavy atom. The summed E-state index contributed by atoms with van der Waals surface area (Å²) in [6, 6.07) is 15.8. The van der Waals surface area contributed by atoms with Crippen LogP contribution in [0.15, 0.2) is 73.7 Å². The van der Waals surface area contributed by atoms with Gasteiger partial charge in [0.2, 0.25) is 5.91 Å². The highest BCUT2D eigenvalue weighted by molar-refractivity contribution is 6.02. The van der Waals surface area contributed by atoms with Gasteiger partial charge in [0.25, 0.3) is 0 Å². The smallest absolute Gasteiger partial charge is 0.247 e. The third-order valence-corrected chi connectivity index (χ3v) is 7.97. The Hall–Kier alpha value is -4.90. The molecule has 1 unspecified atom stereocenters. The van der Waals surface area contributed by atoms with Crippen LogP contribution in [0.2, 0.25) is 0 Å². The van der Waals surface area contributed by atoms with Crippen molar-refractivity contribution < 1.29 is 9.53 Å². The average Bonchev–Trinajstić information content (AvgIpc) is 3.65. The zero-order valence-electron chi connectivity index (χ0n) is 25.3. The molecule has 1 saturated heterocycles. The zero-order valence-corrected chi connectivity index (χ0v) is 25.3. The number of methoxy groups -OCH3 is 1. The molecule has 224 valence electrons. The van der Waals surface area contributed by atoms with E-state index in [1.807, 2.05) is 61.8 Å². The maximum Gasteiger partial charge on any atom is 0.247 e. The van der Waals surface area contributed by atoms with E-state index in [9.17, 15) is 4.79 Å². The van der Waals surface area contributed by atoms with E-state index in [1.54, 1.807) is 11.8 Å². The fourth-order valence-corrected chi connectivity index (χ4v) is 5.45. The summed E-state index contributed by atoms with van der Waals surface area (Å²) in [4.78, 5) is 25.9. The van der Waals surface area contributed by atoms with Gasteiger partial charge in [0.05, 0.1) is 29.9 Å². The third-order valence-electron chi connectivity index (χ3n) is 7.97. The van der Waals surface area contributed by atoms with E-state index in [0.717, 1.165) is 42.1 Å². The minimum absolute atomic E-state index is 0.248. The summed E-state index contributed by atoms with van der Waals surface area (Å²) in [6.07, 6.45) is 5.80. The van der Waals surface area contributed by atoms with Crippen molar-refractivity contribution in [1.82, 2.24) is 24.6 Å². The Bertz CT molecular complexity index is 1600. The number of hydrogen-bond donors (Lipinski definition) is 3. The van der Waals surface area contributed by atoms with Crippen molar-refractivity contribution in [2.24, 2.45) is 13.0 Å². The fourth-order valence-electron chi connectivity index (χ4n) is 5.45. The number of anilines is 6. The third kappa shape index (κ3) is 6.78. The lowest BCUT2D eigenvalue weighted by molar-refractivity contribution is -0.111. The molecule has 0 radical (unpaired) electrons. The van der Waals surface area contributed by atoms with E-state index in [2.05, 4.69) is 68.4 Å². The second kappa shape index (κ2) is 13.0. The molecular weight excluding hydrogens is 542 g/mol. The summed E-state index contributed by atoms with van der Waals surface area (Å²) in [5, 5.41) is 14.3. The Kier molecular flexibility index (Phi) is 8.91. The summed E-state index contributed by atoms with van der Waals surface area (Å²) in [5.41, 5.74) is 4.83. The number of likely N-dealkylation sites (tertiary alicyclic amines) is 1. The number of carbonyl (C=O) groups excluding carboxylic acids is 1. The molecule has 0 aliphatic carbocycles. The van der Waals surface area contributed by atoms with Gasteiger partial charge in [-0.2, -0.15) is 5.10 Å². The topological polar surface area (TPSA) is 112 Å². The first kappa shape index (κ1) is 29.6. The lowest BCUT2D eigenvalue weighted by atomic mass is 9.98. The lowest BCUT2D eigenvalue weighted by Gasteiger charge is -2.33. The molecule has 0 spiro atoms. The number of carbonyl (C=O) groups is 1. The van der Waals surface area contributed by atoms with Crippen molar-refractivity contribution in [3.8, 4) is 17.0 Å². The summed E-state index contributed by atoms with van der Waals surface area (Å²) in [5.74, 6) is 1.99. The highest BCUT2D eigenvalue weighted by Crippen LogP contribution is 2.40. The molecule has 2 aromatic heterocycles. The highest BCUT2D eigenvalue weighted by Gasteiger charge is 2.29. The molecule has 1 amide bonds. The van der Waals surface area contributed by atoms with Gasteiger partial charge in [-0.15, -0.1) is 0 Å². The maximum atomic E-state index is 12.5. The van der Waals surface area contributed by atoms with Crippen molar-refractivity contribution in [3.63, 3.8) is 0 Å². The number of benzene rings is 2. The number of rotatable bonds is 11. The van der Waals surface area contributed by atoms with Gasteiger partial charge < -0.3 is 30.5 Å². The number of para-hydroxylation sites is 1. The van der Waals surface area contributed by atoms with Crippen LogP contribution in [0.1, 0.15) is 13.3 Å². The monoisotopic (exact) mass is 581 g/mol. The number of aromatic nitrogens is 4. The highest BCUT2D eigenvalue weighted by atomic mass is 16.5. The van der Waals surface area contributed by atoms with Gasteiger partial charge in [-0.3, -0.25) is 9.48 Å². The molecule has 0 saturated carbocycles. The predicted molar refractivity (Wildman–Crippen MR) is 173 cm³/mol. The van der Waals surface area contributed by atoms with Gasteiger partial charge >= 0.3 is 0 Å². The second-order valence-corrected chi connectivity index (χ2v) is 10.9. The fraction of sp³-hybridized carbons (Fsp3) is 0.312. The van der Waals surface area contributed by atoms with Crippen LogP contribution in [0.25, 0.3) is 11.3 Å². The van der Waals surface area contributed by atoms with Crippen LogP contribution in [-0.2, 0) is 11.8 Å². The van der Waals surface area contributed by atoms with Crippen LogP contribution in [0.3, 0.4) is 0 Å². The van der Waals surface area contributed by atoms with E-state index in [0.29, 0.717) is 34.7 Å². The van der Waals surface area contributed by atoms with E-state index < -0.39 is 0 Å². The molecule has 4 aromatic rings. The number of aryl methyl sites for hydroxylation is 1. The summed E-state index contributed by atoms with van der Waals surface area (Å²) < 4.78 is 7.58. The first-order valence-electron chi connectivity index (χ1n) is 14.3. The number of nitrogens with zero attached hydrogens (tertiary/aromatic N) is 6.